The van der Waals surface area contributed by atoms with Gasteiger partial charge in [-0.1, -0.05) is 12.1 Å². The minimum atomic E-state index is 0.501. The van der Waals surface area contributed by atoms with E-state index in [-0.39, 0.29) is 0 Å². The third-order valence-corrected chi connectivity index (χ3v) is 1.88. The Balaban J connectivity index is 3.27. The second-order valence-corrected chi connectivity index (χ2v) is 2.87. The van der Waals surface area contributed by atoms with Crippen LogP contribution in [0.1, 0.15) is 16.7 Å². The van der Waals surface area contributed by atoms with E-state index in [4.69, 9.17) is 5.73 Å². The molecule has 0 heterocycles. The van der Waals surface area contributed by atoms with Crippen molar-refractivity contribution in [1.29, 1.82) is 0 Å². The maximum Gasteiger partial charge on any atom is 0.113 e. The molecule has 0 atom stereocenters. The molecule has 0 radical (unpaired) electrons. The van der Waals surface area contributed by atoms with Gasteiger partial charge in [-0.05, 0) is 35.7 Å². The zero-order valence-corrected chi connectivity index (χ0v) is 7.29. The average Bonchev–Trinajstić information content (AvgIpc) is 2.03. The van der Waals surface area contributed by atoms with Crippen LogP contribution in [0, 0.1) is 18.8 Å². The Hall–Kier alpha value is -1.22. The molecule has 1 rings (SSSR count). The van der Waals surface area contributed by atoms with Crippen molar-refractivity contribution in [3.8, 4) is 0 Å². The lowest BCUT2D eigenvalue weighted by atomic mass is 10.1. The zero-order chi connectivity index (χ0) is 9.14. The van der Waals surface area contributed by atoms with Gasteiger partial charge in [0, 0.05) is 6.54 Å². The molecule has 0 bridgehead atoms. The van der Waals surface area contributed by atoms with E-state index in [0.717, 1.165) is 16.7 Å². The molecule has 0 fully saturated rings. The predicted molar refractivity (Wildman–Crippen MR) is 49.3 cm³/mol. The van der Waals surface area contributed by atoms with Crippen LogP contribution in [0.25, 0.3) is 0 Å². The summed E-state index contributed by atoms with van der Waals surface area (Å²) in [6, 6.07) is 3.79. The zero-order valence-electron chi connectivity index (χ0n) is 7.29. The second kappa shape index (κ2) is 3.45. The van der Waals surface area contributed by atoms with Gasteiger partial charge in [-0.15, -0.1) is 4.91 Å². The highest BCUT2D eigenvalue weighted by Crippen LogP contribution is 2.24. The highest BCUT2D eigenvalue weighted by Gasteiger charge is 2.03. The minimum Gasteiger partial charge on any atom is -0.326 e. The molecular weight excluding hydrogens is 152 g/mol. The minimum absolute atomic E-state index is 0.501. The monoisotopic (exact) mass is 164 g/mol. The third-order valence-electron chi connectivity index (χ3n) is 1.88. The summed E-state index contributed by atoms with van der Waals surface area (Å²) in [5.41, 5.74) is 8.83. The number of aryl methyl sites for hydroxylation is 2. The smallest absolute Gasteiger partial charge is 0.113 e. The van der Waals surface area contributed by atoms with E-state index in [9.17, 15) is 4.91 Å². The molecule has 0 saturated heterocycles. The Morgan fingerprint density at radius 1 is 1.33 bits per heavy atom. The Morgan fingerprint density at radius 2 is 1.83 bits per heavy atom. The van der Waals surface area contributed by atoms with Gasteiger partial charge in [0.25, 0.3) is 0 Å². The van der Waals surface area contributed by atoms with E-state index in [1.807, 2.05) is 26.0 Å². The summed E-state index contributed by atoms with van der Waals surface area (Å²) in [5, 5.41) is 2.95. The molecule has 0 aliphatic rings. The van der Waals surface area contributed by atoms with Gasteiger partial charge in [0.05, 0.1) is 0 Å². The molecule has 0 saturated carbocycles. The van der Waals surface area contributed by atoms with E-state index in [0.29, 0.717) is 12.2 Å². The molecule has 0 aliphatic heterocycles. The van der Waals surface area contributed by atoms with Crippen LogP contribution in [-0.4, -0.2) is 0 Å². The highest BCUT2D eigenvalue weighted by molar-refractivity contribution is 5.53. The molecule has 0 aromatic heterocycles. The fourth-order valence-electron chi connectivity index (χ4n) is 1.31. The summed E-state index contributed by atoms with van der Waals surface area (Å²) in [4.78, 5) is 10.4. The quantitative estimate of drug-likeness (QED) is 0.681. The second-order valence-electron chi connectivity index (χ2n) is 2.87. The lowest BCUT2D eigenvalue weighted by Gasteiger charge is -2.04. The van der Waals surface area contributed by atoms with Crippen molar-refractivity contribution < 1.29 is 0 Å². The summed E-state index contributed by atoms with van der Waals surface area (Å²) >= 11 is 0. The van der Waals surface area contributed by atoms with Crippen LogP contribution < -0.4 is 5.73 Å². The molecule has 2 N–H and O–H groups in total. The van der Waals surface area contributed by atoms with E-state index in [1.54, 1.807) is 0 Å². The van der Waals surface area contributed by atoms with Crippen molar-refractivity contribution in [1.82, 2.24) is 0 Å². The van der Waals surface area contributed by atoms with Gasteiger partial charge in [-0.25, -0.2) is 0 Å². The molecule has 0 unspecified atom stereocenters. The Labute approximate surface area is 71.6 Å². The van der Waals surface area contributed by atoms with Crippen LogP contribution in [0.4, 0.5) is 5.69 Å². The summed E-state index contributed by atoms with van der Waals surface area (Å²) in [6.07, 6.45) is 0. The first-order valence-electron chi connectivity index (χ1n) is 3.82. The fourth-order valence-corrected chi connectivity index (χ4v) is 1.31. The molecule has 1 aromatic carbocycles. The summed E-state index contributed by atoms with van der Waals surface area (Å²) < 4.78 is 0. The average molecular weight is 164 g/mol. The van der Waals surface area contributed by atoms with Gasteiger partial charge >= 0.3 is 0 Å². The van der Waals surface area contributed by atoms with E-state index in [2.05, 4.69) is 5.18 Å². The first-order valence-corrected chi connectivity index (χ1v) is 3.82. The fraction of sp³-hybridized carbons (Fsp3) is 0.333. The van der Waals surface area contributed by atoms with Crippen molar-refractivity contribution in [2.24, 2.45) is 10.9 Å². The lowest BCUT2D eigenvalue weighted by Crippen LogP contribution is -1.97. The topological polar surface area (TPSA) is 55.4 Å². The van der Waals surface area contributed by atoms with Crippen LogP contribution in [0.2, 0.25) is 0 Å². The molecule has 64 valence electrons. The van der Waals surface area contributed by atoms with Gasteiger partial charge in [0.2, 0.25) is 0 Å². The van der Waals surface area contributed by atoms with Crippen LogP contribution in [-0.2, 0) is 6.54 Å². The van der Waals surface area contributed by atoms with Crippen LogP contribution in [0.15, 0.2) is 17.3 Å². The van der Waals surface area contributed by atoms with Gasteiger partial charge < -0.3 is 5.73 Å². The van der Waals surface area contributed by atoms with Crippen LogP contribution in [0.3, 0.4) is 0 Å². The number of rotatable bonds is 2. The SMILES string of the molecule is Cc1cc(CN)cc(C)c1N=O. The number of benzene rings is 1. The van der Waals surface area contributed by atoms with Crippen molar-refractivity contribution in [3.05, 3.63) is 33.7 Å². The standard InChI is InChI=1S/C9H12N2O/c1-6-3-8(5-10)4-7(2)9(6)11-12/h3-4H,5,10H2,1-2H3. The summed E-state index contributed by atoms with van der Waals surface area (Å²) in [5.74, 6) is 0. The van der Waals surface area contributed by atoms with Crippen molar-refractivity contribution in [3.63, 3.8) is 0 Å². The Bertz CT molecular complexity index is 284. The maximum atomic E-state index is 10.4. The summed E-state index contributed by atoms with van der Waals surface area (Å²) in [7, 11) is 0. The maximum absolute atomic E-state index is 10.4. The van der Waals surface area contributed by atoms with Gasteiger partial charge in [0.1, 0.15) is 5.69 Å². The van der Waals surface area contributed by atoms with Crippen molar-refractivity contribution in [2.45, 2.75) is 20.4 Å². The predicted octanol–water partition coefficient (Wildman–Crippen LogP) is 2.16. The van der Waals surface area contributed by atoms with E-state index in [1.165, 1.54) is 0 Å². The molecule has 3 nitrogen and oxygen atoms in total. The van der Waals surface area contributed by atoms with E-state index >= 15 is 0 Å². The number of hydrogen-bond acceptors (Lipinski definition) is 3. The number of nitroso groups, excluding NO2 is 1. The normalized spacial score (nSPS) is 9.92. The molecule has 0 aliphatic carbocycles. The Morgan fingerprint density at radius 3 is 2.17 bits per heavy atom. The first kappa shape index (κ1) is 8.87. The van der Waals surface area contributed by atoms with E-state index < -0.39 is 0 Å². The van der Waals surface area contributed by atoms with Crippen molar-refractivity contribution >= 4 is 5.69 Å². The molecule has 0 amide bonds. The first-order chi connectivity index (χ1) is 5.69. The molecular formula is C9H12N2O. The number of nitrogens with two attached hydrogens (primary N) is 1. The molecule has 1 aromatic rings. The van der Waals surface area contributed by atoms with Gasteiger partial charge in [0.15, 0.2) is 0 Å². The number of hydrogen-bond donors (Lipinski definition) is 1. The molecule has 12 heavy (non-hydrogen) atoms. The Kier molecular flexibility index (Phi) is 2.55. The third kappa shape index (κ3) is 1.51. The van der Waals surface area contributed by atoms with Crippen molar-refractivity contribution in [2.75, 3.05) is 0 Å². The van der Waals surface area contributed by atoms with Gasteiger partial charge in [-0.2, -0.15) is 0 Å². The van der Waals surface area contributed by atoms with Crippen LogP contribution >= 0.6 is 0 Å². The largest absolute Gasteiger partial charge is 0.326 e. The van der Waals surface area contributed by atoms with Gasteiger partial charge in [-0.3, -0.25) is 0 Å². The lowest BCUT2D eigenvalue weighted by molar-refractivity contribution is 1.06. The highest BCUT2D eigenvalue weighted by atomic mass is 16.3. The number of nitrogens with zero attached hydrogens (tertiary/aromatic N) is 1. The molecule has 0 spiro atoms. The summed E-state index contributed by atoms with van der Waals surface area (Å²) in [6.45, 7) is 4.23. The van der Waals surface area contributed by atoms with Crippen LogP contribution in [0.5, 0.6) is 0 Å². The molecule has 3 heteroatoms.